The van der Waals surface area contributed by atoms with Gasteiger partial charge in [-0.05, 0) is 79.9 Å². The van der Waals surface area contributed by atoms with Gasteiger partial charge in [-0.2, -0.15) is 0 Å². The van der Waals surface area contributed by atoms with Crippen LogP contribution in [0.2, 0.25) is 0 Å². The molecule has 8 nitrogen and oxygen atoms in total. The van der Waals surface area contributed by atoms with Crippen molar-refractivity contribution in [1.82, 2.24) is 14.3 Å². The summed E-state index contributed by atoms with van der Waals surface area (Å²) in [4.78, 5) is 31.2. The summed E-state index contributed by atoms with van der Waals surface area (Å²) in [6.07, 6.45) is 5.68. The second-order valence-electron chi connectivity index (χ2n) is 9.15. The van der Waals surface area contributed by atoms with E-state index in [1.807, 2.05) is 60.1 Å². The van der Waals surface area contributed by atoms with Crippen LogP contribution in [0.3, 0.4) is 0 Å². The van der Waals surface area contributed by atoms with Crippen molar-refractivity contribution in [3.05, 3.63) is 95.4 Å². The molecule has 0 radical (unpaired) electrons. The van der Waals surface area contributed by atoms with Gasteiger partial charge in [0.05, 0.1) is 11.7 Å². The molecule has 3 heterocycles. The Balaban J connectivity index is 1.18. The van der Waals surface area contributed by atoms with E-state index in [9.17, 15) is 9.59 Å². The molecule has 0 spiro atoms. The van der Waals surface area contributed by atoms with Crippen LogP contribution in [0.25, 0.3) is 5.65 Å². The third kappa shape index (κ3) is 5.23. The number of rotatable bonds is 8. The molecule has 1 aliphatic rings. The number of nitrogens with two attached hydrogens (primary N) is 1. The molecule has 3 N–H and O–H groups in total. The van der Waals surface area contributed by atoms with Gasteiger partial charge in [-0.25, -0.2) is 4.98 Å². The molecule has 0 saturated carbocycles. The van der Waals surface area contributed by atoms with Gasteiger partial charge in [-0.1, -0.05) is 18.2 Å². The van der Waals surface area contributed by atoms with Crippen molar-refractivity contribution in [2.45, 2.75) is 39.0 Å². The van der Waals surface area contributed by atoms with Crippen molar-refractivity contribution in [3.63, 3.8) is 0 Å². The van der Waals surface area contributed by atoms with E-state index in [0.717, 1.165) is 41.9 Å². The van der Waals surface area contributed by atoms with Crippen molar-refractivity contribution in [2.75, 3.05) is 11.9 Å². The molecule has 4 aromatic rings. The molecule has 2 aromatic heterocycles. The lowest BCUT2D eigenvalue weighted by atomic mass is 10.1. The van der Waals surface area contributed by atoms with E-state index in [4.69, 9.17) is 10.5 Å². The van der Waals surface area contributed by atoms with Crippen LogP contribution >= 0.6 is 0 Å². The lowest BCUT2D eigenvalue weighted by Gasteiger charge is -2.22. The highest BCUT2D eigenvalue weighted by Crippen LogP contribution is 2.22. The number of benzene rings is 2. The van der Waals surface area contributed by atoms with Crippen molar-refractivity contribution >= 4 is 23.1 Å². The van der Waals surface area contributed by atoms with Gasteiger partial charge in [-0.3, -0.25) is 14.5 Å². The predicted octanol–water partition coefficient (Wildman–Crippen LogP) is 3.92. The summed E-state index contributed by atoms with van der Waals surface area (Å²) in [5, 5.41) is 2.95. The number of ether oxygens (including phenoxy) is 1. The van der Waals surface area contributed by atoms with E-state index >= 15 is 0 Å². The molecule has 0 aliphatic carbocycles. The summed E-state index contributed by atoms with van der Waals surface area (Å²) in [7, 11) is 0. The zero-order chi connectivity index (χ0) is 25.1. The summed E-state index contributed by atoms with van der Waals surface area (Å²) < 4.78 is 7.86. The number of imidazole rings is 1. The molecule has 36 heavy (non-hydrogen) atoms. The van der Waals surface area contributed by atoms with E-state index in [2.05, 4.69) is 15.2 Å². The highest BCUT2D eigenvalue weighted by Gasteiger charge is 2.28. The first kappa shape index (κ1) is 23.6. The Morgan fingerprint density at radius 1 is 1.14 bits per heavy atom. The fraction of sp³-hybridized carbons (Fsp3) is 0.250. The van der Waals surface area contributed by atoms with E-state index in [1.54, 1.807) is 24.3 Å². The molecule has 0 bridgehead atoms. The summed E-state index contributed by atoms with van der Waals surface area (Å²) in [6, 6.07) is 18.5. The fourth-order valence-electron chi connectivity index (χ4n) is 4.66. The maximum absolute atomic E-state index is 12.8. The summed E-state index contributed by atoms with van der Waals surface area (Å²) in [5.41, 5.74) is 10.6. The second kappa shape index (κ2) is 10.2. The lowest BCUT2D eigenvalue weighted by molar-refractivity contribution is -0.122. The largest absolute Gasteiger partial charge is 0.487 e. The number of primary amides is 1. The van der Waals surface area contributed by atoms with E-state index in [1.165, 1.54) is 0 Å². The summed E-state index contributed by atoms with van der Waals surface area (Å²) >= 11 is 0. The number of likely N-dealkylation sites (tertiary alicyclic amines) is 1. The molecule has 1 aliphatic heterocycles. The van der Waals surface area contributed by atoms with Gasteiger partial charge in [0.1, 0.15) is 18.0 Å². The first-order valence-corrected chi connectivity index (χ1v) is 12.1. The molecular formula is C28H29N5O3. The van der Waals surface area contributed by atoms with Crippen LogP contribution in [0.4, 0.5) is 5.69 Å². The van der Waals surface area contributed by atoms with E-state index in [0.29, 0.717) is 30.2 Å². The van der Waals surface area contributed by atoms with Gasteiger partial charge < -0.3 is 20.2 Å². The van der Waals surface area contributed by atoms with Crippen molar-refractivity contribution < 1.29 is 14.3 Å². The van der Waals surface area contributed by atoms with Crippen LogP contribution in [0, 0.1) is 6.92 Å². The monoisotopic (exact) mass is 483 g/mol. The highest BCUT2D eigenvalue weighted by molar-refractivity contribution is 6.04. The third-order valence-electron chi connectivity index (χ3n) is 6.49. The van der Waals surface area contributed by atoms with Crippen LogP contribution in [-0.4, -0.2) is 38.7 Å². The third-order valence-corrected chi connectivity index (χ3v) is 6.49. The first-order valence-electron chi connectivity index (χ1n) is 12.1. The number of anilines is 1. The van der Waals surface area contributed by atoms with Crippen molar-refractivity contribution in [1.29, 1.82) is 0 Å². The Hall–Kier alpha value is -4.17. The Bertz CT molecular complexity index is 1400. The Morgan fingerprint density at radius 2 is 1.97 bits per heavy atom. The van der Waals surface area contributed by atoms with Crippen LogP contribution in [0.1, 0.15) is 40.0 Å². The zero-order valence-corrected chi connectivity index (χ0v) is 20.2. The Kier molecular flexibility index (Phi) is 6.69. The minimum atomic E-state index is -0.280. The van der Waals surface area contributed by atoms with Crippen LogP contribution in [-0.2, 0) is 17.9 Å². The molecule has 8 heteroatoms. The summed E-state index contributed by atoms with van der Waals surface area (Å²) in [6.45, 7) is 3.83. The molecule has 1 unspecified atom stereocenters. The number of nitrogens with one attached hydrogen (secondary N) is 1. The van der Waals surface area contributed by atoms with Crippen LogP contribution < -0.4 is 15.8 Å². The molecule has 1 fully saturated rings. The van der Waals surface area contributed by atoms with Gasteiger partial charge in [0.25, 0.3) is 5.91 Å². The minimum Gasteiger partial charge on any atom is -0.487 e. The molecule has 1 saturated heterocycles. The number of aryl methyl sites for hydroxylation is 1. The second-order valence-corrected chi connectivity index (χ2v) is 9.15. The Morgan fingerprint density at radius 3 is 2.75 bits per heavy atom. The smallest absolute Gasteiger partial charge is 0.255 e. The number of aromatic nitrogens is 2. The van der Waals surface area contributed by atoms with Crippen molar-refractivity contribution in [3.8, 4) is 5.75 Å². The number of hydrogen-bond acceptors (Lipinski definition) is 5. The quantitative estimate of drug-likeness (QED) is 0.396. The van der Waals surface area contributed by atoms with E-state index < -0.39 is 0 Å². The maximum atomic E-state index is 12.8. The Labute approximate surface area is 209 Å². The van der Waals surface area contributed by atoms with Crippen molar-refractivity contribution in [2.24, 2.45) is 5.73 Å². The average molecular weight is 484 g/mol. The number of pyridine rings is 1. The van der Waals surface area contributed by atoms with Crippen LogP contribution in [0.5, 0.6) is 5.75 Å². The van der Waals surface area contributed by atoms with Gasteiger partial charge in [0, 0.05) is 30.2 Å². The summed E-state index contributed by atoms with van der Waals surface area (Å²) in [5.74, 6) is 0.181. The number of fused-ring (bicyclic) bond motifs is 1. The molecule has 1 atom stereocenters. The topological polar surface area (TPSA) is 102 Å². The SMILES string of the molecule is Cc1cccn2cc(COc3ccc(C(=O)Nc4cccc(CN5CCCC5C(N)=O)c4)cc3)nc12. The maximum Gasteiger partial charge on any atom is 0.255 e. The number of amides is 2. The standard InChI is InChI=1S/C28H29N5O3/c1-19-5-3-14-33-17-23(30-27(19)33)18-36-24-11-9-21(10-12-24)28(35)31-22-7-2-6-20(15-22)16-32-13-4-8-25(32)26(29)34/h2-3,5-7,9-12,14-15,17,25H,4,8,13,16,18H2,1H3,(H2,29,34)(H,31,35). The van der Waals surface area contributed by atoms with Crippen LogP contribution in [0.15, 0.2) is 73.1 Å². The highest BCUT2D eigenvalue weighted by atomic mass is 16.5. The molecule has 2 aromatic carbocycles. The zero-order valence-electron chi connectivity index (χ0n) is 20.2. The lowest BCUT2D eigenvalue weighted by Crippen LogP contribution is -2.39. The number of nitrogens with zero attached hydrogens (tertiary/aromatic N) is 3. The van der Waals surface area contributed by atoms with Gasteiger partial charge in [0.15, 0.2) is 0 Å². The first-order chi connectivity index (χ1) is 17.5. The number of carbonyl (C=O) groups is 2. The van der Waals surface area contributed by atoms with Gasteiger partial charge in [-0.15, -0.1) is 0 Å². The average Bonchev–Trinajstić information content (AvgIpc) is 3.51. The van der Waals surface area contributed by atoms with Gasteiger partial charge >= 0.3 is 0 Å². The minimum absolute atomic E-state index is 0.203. The number of hydrogen-bond donors (Lipinski definition) is 2. The number of carbonyl (C=O) groups excluding carboxylic acids is 2. The molecule has 2 amide bonds. The predicted molar refractivity (Wildman–Crippen MR) is 138 cm³/mol. The van der Waals surface area contributed by atoms with Gasteiger partial charge in [0.2, 0.25) is 5.91 Å². The molecule has 5 rings (SSSR count). The fourth-order valence-corrected chi connectivity index (χ4v) is 4.66. The normalized spacial score (nSPS) is 15.8. The van der Waals surface area contributed by atoms with E-state index in [-0.39, 0.29) is 17.9 Å². The molecule has 184 valence electrons. The molecular weight excluding hydrogens is 454 g/mol.